The fourth-order valence-corrected chi connectivity index (χ4v) is 2.86. The second kappa shape index (κ2) is 4.71. The van der Waals surface area contributed by atoms with Gasteiger partial charge in [-0.15, -0.1) is 11.3 Å². The van der Waals surface area contributed by atoms with Crippen LogP contribution in [0.2, 0.25) is 0 Å². The van der Waals surface area contributed by atoms with Crippen molar-refractivity contribution in [3.63, 3.8) is 0 Å². The molecule has 3 nitrogen and oxygen atoms in total. The van der Waals surface area contributed by atoms with E-state index in [2.05, 4.69) is 17.2 Å². The average Bonchev–Trinajstić information content (AvgIpc) is 3.12. The largest absolute Gasteiger partial charge is 0.508 e. The van der Waals surface area contributed by atoms with Crippen molar-refractivity contribution in [2.24, 2.45) is 0 Å². The number of benzene rings is 1. The Hall–Kier alpha value is -1.39. The van der Waals surface area contributed by atoms with Crippen molar-refractivity contribution in [3.05, 3.63) is 34.8 Å². The van der Waals surface area contributed by atoms with Gasteiger partial charge in [-0.25, -0.2) is 4.98 Å². The zero-order valence-electron chi connectivity index (χ0n) is 10.3. The van der Waals surface area contributed by atoms with Crippen LogP contribution in [0, 0.1) is 6.92 Å². The van der Waals surface area contributed by atoms with E-state index in [1.807, 2.05) is 12.1 Å². The SMILES string of the molecule is Cc1nc(-c2ccc(O)cc2)sc1CNC1CC1. The summed E-state index contributed by atoms with van der Waals surface area (Å²) >= 11 is 1.73. The van der Waals surface area contributed by atoms with Crippen LogP contribution in [0.25, 0.3) is 10.6 Å². The Morgan fingerprint density at radius 1 is 1.33 bits per heavy atom. The van der Waals surface area contributed by atoms with Gasteiger partial charge in [0.2, 0.25) is 0 Å². The lowest BCUT2D eigenvalue weighted by atomic mass is 10.2. The Bertz CT molecular complexity index is 543. The molecule has 1 heterocycles. The summed E-state index contributed by atoms with van der Waals surface area (Å²) in [6.07, 6.45) is 2.62. The van der Waals surface area contributed by atoms with Crippen LogP contribution >= 0.6 is 11.3 Å². The molecule has 0 saturated heterocycles. The number of nitrogens with zero attached hydrogens (tertiary/aromatic N) is 1. The molecule has 4 heteroatoms. The molecule has 1 fully saturated rings. The lowest BCUT2D eigenvalue weighted by Crippen LogP contribution is -2.14. The summed E-state index contributed by atoms with van der Waals surface area (Å²) in [4.78, 5) is 5.92. The summed E-state index contributed by atoms with van der Waals surface area (Å²) in [5, 5.41) is 13.8. The molecule has 1 aromatic carbocycles. The van der Waals surface area contributed by atoms with E-state index in [0.29, 0.717) is 5.75 Å². The zero-order valence-corrected chi connectivity index (χ0v) is 11.1. The average molecular weight is 260 g/mol. The minimum atomic E-state index is 0.294. The van der Waals surface area contributed by atoms with Crippen LogP contribution in [-0.4, -0.2) is 16.1 Å². The summed E-state index contributed by atoms with van der Waals surface area (Å²) < 4.78 is 0. The van der Waals surface area contributed by atoms with Crippen molar-refractivity contribution < 1.29 is 5.11 Å². The quantitative estimate of drug-likeness (QED) is 0.888. The van der Waals surface area contributed by atoms with Crippen molar-refractivity contribution in [2.75, 3.05) is 0 Å². The molecule has 3 rings (SSSR count). The third-order valence-electron chi connectivity index (χ3n) is 3.14. The minimum absolute atomic E-state index is 0.294. The van der Waals surface area contributed by atoms with Crippen LogP contribution < -0.4 is 5.32 Å². The van der Waals surface area contributed by atoms with E-state index < -0.39 is 0 Å². The topological polar surface area (TPSA) is 45.2 Å². The van der Waals surface area contributed by atoms with E-state index in [-0.39, 0.29) is 0 Å². The van der Waals surface area contributed by atoms with Crippen molar-refractivity contribution in [1.82, 2.24) is 10.3 Å². The van der Waals surface area contributed by atoms with Gasteiger partial charge in [0.1, 0.15) is 10.8 Å². The number of aryl methyl sites for hydroxylation is 1. The van der Waals surface area contributed by atoms with Gasteiger partial charge in [0, 0.05) is 23.0 Å². The molecule has 1 aliphatic rings. The van der Waals surface area contributed by atoms with Gasteiger partial charge >= 0.3 is 0 Å². The second-order valence-corrected chi connectivity index (χ2v) is 5.81. The zero-order chi connectivity index (χ0) is 12.5. The predicted molar refractivity (Wildman–Crippen MR) is 73.8 cm³/mol. The highest BCUT2D eigenvalue weighted by molar-refractivity contribution is 7.15. The van der Waals surface area contributed by atoms with E-state index in [0.717, 1.165) is 28.9 Å². The second-order valence-electron chi connectivity index (χ2n) is 4.73. The van der Waals surface area contributed by atoms with Crippen molar-refractivity contribution >= 4 is 11.3 Å². The molecule has 0 unspecified atom stereocenters. The van der Waals surface area contributed by atoms with Crippen molar-refractivity contribution in [1.29, 1.82) is 0 Å². The number of aromatic nitrogens is 1. The van der Waals surface area contributed by atoms with Crippen LogP contribution in [0.15, 0.2) is 24.3 Å². The molecule has 2 aromatic rings. The Kier molecular flexibility index (Phi) is 3.06. The summed E-state index contributed by atoms with van der Waals surface area (Å²) in [6, 6.07) is 7.95. The van der Waals surface area contributed by atoms with Gasteiger partial charge < -0.3 is 10.4 Å². The number of phenols is 1. The molecule has 2 N–H and O–H groups in total. The first-order valence-corrected chi connectivity index (χ1v) is 7.03. The normalized spacial score (nSPS) is 14.9. The number of hydrogen-bond donors (Lipinski definition) is 2. The third kappa shape index (κ3) is 2.54. The Morgan fingerprint density at radius 2 is 2.06 bits per heavy atom. The first-order chi connectivity index (χ1) is 8.72. The maximum Gasteiger partial charge on any atom is 0.123 e. The molecule has 0 aliphatic heterocycles. The monoisotopic (exact) mass is 260 g/mol. The van der Waals surface area contributed by atoms with E-state index >= 15 is 0 Å². The van der Waals surface area contributed by atoms with Gasteiger partial charge in [-0.05, 0) is 44.0 Å². The number of rotatable bonds is 4. The molecular formula is C14H16N2OS. The van der Waals surface area contributed by atoms with Gasteiger partial charge in [0.15, 0.2) is 0 Å². The van der Waals surface area contributed by atoms with Crippen LogP contribution in [0.1, 0.15) is 23.4 Å². The summed E-state index contributed by atoms with van der Waals surface area (Å²) in [5.74, 6) is 0.294. The molecule has 1 aromatic heterocycles. The maximum atomic E-state index is 9.29. The Morgan fingerprint density at radius 3 is 2.72 bits per heavy atom. The van der Waals surface area contributed by atoms with E-state index in [9.17, 15) is 5.11 Å². The molecule has 1 aliphatic carbocycles. The standard InChI is InChI=1S/C14H16N2OS/c1-9-13(8-15-11-4-5-11)18-14(16-9)10-2-6-12(17)7-3-10/h2-3,6-7,11,15,17H,4-5,8H2,1H3. The molecule has 0 atom stereocenters. The number of nitrogens with one attached hydrogen (secondary N) is 1. The fourth-order valence-electron chi connectivity index (χ4n) is 1.84. The van der Waals surface area contributed by atoms with Gasteiger partial charge in [-0.1, -0.05) is 0 Å². The number of thiazole rings is 1. The van der Waals surface area contributed by atoms with Crippen LogP contribution in [0.4, 0.5) is 0 Å². The molecule has 0 bridgehead atoms. The molecular weight excluding hydrogens is 244 g/mol. The molecule has 1 saturated carbocycles. The van der Waals surface area contributed by atoms with Gasteiger partial charge in [0.05, 0.1) is 5.69 Å². The minimum Gasteiger partial charge on any atom is -0.508 e. The van der Waals surface area contributed by atoms with E-state index in [4.69, 9.17) is 0 Å². The third-order valence-corrected chi connectivity index (χ3v) is 4.34. The summed E-state index contributed by atoms with van der Waals surface area (Å²) in [5.41, 5.74) is 2.18. The Labute approximate surface area is 111 Å². The molecule has 94 valence electrons. The highest BCUT2D eigenvalue weighted by Gasteiger charge is 2.21. The van der Waals surface area contributed by atoms with E-state index in [1.54, 1.807) is 23.5 Å². The van der Waals surface area contributed by atoms with Gasteiger partial charge in [0.25, 0.3) is 0 Å². The lowest BCUT2D eigenvalue weighted by Gasteiger charge is -1.99. The predicted octanol–water partition coefficient (Wildman–Crippen LogP) is 3.08. The molecule has 0 radical (unpaired) electrons. The number of aromatic hydroxyl groups is 1. The highest BCUT2D eigenvalue weighted by atomic mass is 32.1. The van der Waals surface area contributed by atoms with Crippen molar-refractivity contribution in [2.45, 2.75) is 32.4 Å². The number of phenolic OH excluding ortho intramolecular Hbond substituents is 1. The fraction of sp³-hybridized carbons (Fsp3) is 0.357. The maximum absolute atomic E-state index is 9.29. The van der Waals surface area contributed by atoms with E-state index in [1.165, 1.54) is 17.7 Å². The van der Waals surface area contributed by atoms with Crippen LogP contribution in [0.5, 0.6) is 5.75 Å². The first-order valence-electron chi connectivity index (χ1n) is 6.21. The first kappa shape index (κ1) is 11.7. The number of hydrogen-bond acceptors (Lipinski definition) is 4. The molecule has 0 amide bonds. The highest BCUT2D eigenvalue weighted by Crippen LogP contribution is 2.29. The van der Waals surface area contributed by atoms with Crippen LogP contribution in [-0.2, 0) is 6.54 Å². The van der Waals surface area contributed by atoms with Gasteiger partial charge in [-0.2, -0.15) is 0 Å². The smallest absolute Gasteiger partial charge is 0.123 e. The lowest BCUT2D eigenvalue weighted by molar-refractivity contribution is 0.475. The summed E-state index contributed by atoms with van der Waals surface area (Å²) in [7, 11) is 0. The molecule has 0 spiro atoms. The van der Waals surface area contributed by atoms with Crippen LogP contribution in [0.3, 0.4) is 0 Å². The van der Waals surface area contributed by atoms with Gasteiger partial charge in [-0.3, -0.25) is 0 Å². The summed E-state index contributed by atoms with van der Waals surface area (Å²) in [6.45, 7) is 2.98. The Balaban J connectivity index is 1.79. The molecule has 18 heavy (non-hydrogen) atoms. The van der Waals surface area contributed by atoms with Crippen molar-refractivity contribution in [3.8, 4) is 16.3 Å².